The molecule has 0 rings (SSSR count). The molecular formula is C37H66O6. The van der Waals surface area contributed by atoms with Gasteiger partial charge in [0.25, 0.3) is 0 Å². The van der Waals surface area contributed by atoms with Gasteiger partial charge in [-0.2, -0.15) is 0 Å². The molecule has 0 N–H and O–H groups in total. The summed E-state index contributed by atoms with van der Waals surface area (Å²) >= 11 is 0. The third-order valence-electron chi connectivity index (χ3n) is 8.05. The molecule has 0 aliphatic carbocycles. The highest BCUT2D eigenvalue weighted by molar-refractivity contribution is 6.00. The lowest BCUT2D eigenvalue weighted by atomic mass is 10.0. The molecule has 0 fully saturated rings. The molecule has 250 valence electrons. The number of unbranched alkanes of at least 4 members (excludes halogenated alkanes) is 24. The van der Waals surface area contributed by atoms with Gasteiger partial charge < -0.3 is 9.47 Å². The highest BCUT2D eigenvalue weighted by Gasteiger charge is 2.19. The van der Waals surface area contributed by atoms with E-state index in [0.717, 1.165) is 25.7 Å². The standard InChI is InChI=1S/C37H66O6/c1-4-6-8-10-12-14-16-18-20-22-24-26-28-30-34(38)42-36(40)32-33(3)37(41)43-35(39)31-29-27-25-23-21-19-17-15-13-11-9-7-5-2/h3-32H2,1-2H3. The van der Waals surface area contributed by atoms with Crippen molar-refractivity contribution in [3.8, 4) is 0 Å². The van der Waals surface area contributed by atoms with Gasteiger partial charge >= 0.3 is 23.9 Å². The quantitative estimate of drug-likeness (QED) is 0.0338. The molecule has 6 heteroatoms. The average molecular weight is 607 g/mol. The molecule has 0 aromatic heterocycles. The lowest BCUT2D eigenvalue weighted by Crippen LogP contribution is -2.18. The van der Waals surface area contributed by atoms with Crippen molar-refractivity contribution in [3.05, 3.63) is 12.2 Å². The normalized spacial score (nSPS) is 10.9. The number of carbonyl (C=O) groups is 4. The molecule has 0 saturated heterocycles. The molecule has 0 bridgehead atoms. The lowest BCUT2D eigenvalue weighted by molar-refractivity contribution is -0.162. The molecule has 0 radical (unpaired) electrons. The molecule has 0 aliphatic heterocycles. The summed E-state index contributed by atoms with van der Waals surface area (Å²) in [6, 6.07) is 0. The predicted octanol–water partition coefficient (Wildman–Crippen LogP) is 11.0. The third kappa shape index (κ3) is 29.9. The molecule has 0 heterocycles. The molecule has 0 unspecified atom stereocenters. The average Bonchev–Trinajstić information content (AvgIpc) is 2.97. The van der Waals surface area contributed by atoms with Crippen LogP contribution in [-0.2, 0) is 28.7 Å². The second-order valence-electron chi connectivity index (χ2n) is 12.4. The van der Waals surface area contributed by atoms with Crippen LogP contribution in [0.3, 0.4) is 0 Å². The number of hydrogen-bond acceptors (Lipinski definition) is 6. The van der Waals surface area contributed by atoms with E-state index in [-0.39, 0.29) is 18.4 Å². The van der Waals surface area contributed by atoms with Gasteiger partial charge in [0, 0.05) is 18.4 Å². The van der Waals surface area contributed by atoms with Crippen LogP contribution in [0, 0.1) is 0 Å². The van der Waals surface area contributed by atoms with Gasteiger partial charge in [-0.1, -0.05) is 175 Å². The summed E-state index contributed by atoms with van der Waals surface area (Å²) in [6.45, 7) is 8.01. The van der Waals surface area contributed by atoms with E-state index in [0.29, 0.717) is 12.8 Å². The molecule has 6 nitrogen and oxygen atoms in total. The Morgan fingerprint density at radius 3 is 1.00 bits per heavy atom. The molecule has 0 aliphatic rings. The fourth-order valence-corrected chi connectivity index (χ4v) is 5.26. The van der Waals surface area contributed by atoms with Crippen LogP contribution < -0.4 is 0 Å². The molecule has 0 atom stereocenters. The number of esters is 4. The van der Waals surface area contributed by atoms with Crippen LogP contribution in [0.1, 0.15) is 200 Å². The summed E-state index contributed by atoms with van der Waals surface area (Å²) in [5.74, 6) is -2.97. The van der Waals surface area contributed by atoms with Crippen molar-refractivity contribution in [3.63, 3.8) is 0 Å². The van der Waals surface area contributed by atoms with Crippen LogP contribution >= 0.6 is 0 Å². The van der Waals surface area contributed by atoms with Crippen LogP contribution in [0.2, 0.25) is 0 Å². The summed E-state index contributed by atoms with van der Waals surface area (Å²) in [5, 5.41) is 0. The maximum Gasteiger partial charge on any atom is 0.341 e. The summed E-state index contributed by atoms with van der Waals surface area (Å²) < 4.78 is 9.61. The minimum absolute atomic E-state index is 0.166. The number of rotatable bonds is 31. The van der Waals surface area contributed by atoms with E-state index >= 15 is 0 Å². The SMILES string of the molecule is C=C(CC(=O)OC(=O)CCCCCCCCCCCCCCC)C(=O)OC(=O)CCCCCCCCCCCCCCC. The van der Waals surface area contributed by atoms with Crippen LogP contribution in [-0.4, -0.2) is 23.9 Å². The Kier molecular flexibility index (Phi) is 30.0. The Bertz CT molecular complexity index is 729. The number of hydrogen-bond donors (Lipinski definition) is 0. The first-order valence-corrected chi connectivity index (χ1v) is 18.1. The Labute approximate surface area is 264 Å². The Balaban J connectivity index is 3.67. The zero-order chi connectivity index (χ0) is 31.8. The topological polar surface area (TPSA) is 86.7 Å². The molecule has 43 heavy (non-hydrogen) atoms. The maximum absolute atomic E-state index is 12.1. The Morgan fingerprint density at radius 1 is 0.395 bits per heavy atom. The smallest absolute Gasteiger partial charge is 0.341 e. The van der Waals surface area contributed by atoms with Gasteiger partial charge in [0.1, 0.15) is 0 Å². The van der Waals surface area contributed by atoms with E-state index in [2.05, 4.69) is 20.4 Å². The summed E-state index contributed by atoms with van der Waals surface area (Å²) in [7, 11) is 0. The van der Waals surface area contributed by atoms with Crippen molar-refractivity contribution in [1.82, 2.24) is 0 Å². The van der Waals surface area contributed by atoms with Crippen LogP contribution in [0.5, 0.6) is 0 Å². The summed E-state index contributed by atoms with van der Waals surface area (Å²) in [4.78, 5) is 48.0. The second-order valence-corrected chi connectivity index (χ2v) is 12.4. The van der Waals surface area contributed by atoms with Gasteiger partial charge in [0.05, 0.1) is 6.42 Å². The minimum atomic E-state index is -0.930. The zero-order valence-electron chi connectivity index (χ0n) is 28.2. The van der Waals surface area contributed by atoms with Crippen molar-refractivity contribution in [2.45, 2.75) is 200 Å². The van der Waals surface area contributed by atoms with Gasteiger partial charge in [-0.25, -0.2) is 4.79 Å². The third-order valence-corrected chi connectivity index (χ3v) is 8.05. The zero-order valence-corrected chi connectivity index (χ0v) is 28.2. The van der Waals surface area contributed by atoms with E-state index < -0.39 is 30.3 Å². The molecule has 0 aromatic rings. The monoisotopic (exact) mass is 606 g/mol. The van der Waals surface area contributed by atoms with Crippen LogP contribution in [0.25, 0.3) is 0 Å². The molecule has 0 saturated carbocycles. The first-order chi connectivity index (χ1) is 20.9. The van der Waals surface area contributed by atoms with E-state index in [1.807, 2.05) is 0 Å². The first-order valence-electron chi connectivity index (χ1n) is 18.1. The van der Waals surface area contributed by atoms with E-state index in [1.165, 1.54) is 128 Å². The Hall–Kier alpha value is -1.98. The lowest BCUT2D eigenvalue weighted by Gasteiger charge is -2.06. The van der Waals surface area contributed by atoms with Crippen molar-refractivity contribution in [2.24, 2.45) is 0 Å². The van der Waals surface area contributed by atoms with E-state index in [9.17, 15) is 19.2 Å². The fourth-order valence-electron chi connectivity index (χ4n) is 5.26. The highest BCUT2D eigenvalue weighted by Crippen LogP contribution is 2.15. The van der Waals surface area contributed by atoms with E-state index in [1.54, 1.807) is 0 Å². The van der Waals surface area contributed by atoms with Crippen molar-refractivity contribution in [1.29, 1.82) is 0 Å². The Morgan fingerprint density at radius 2 is 0.674 bits per heavy atom. The van der Waals surface area contributed by atoms with Gasteiger partial charge in [0.15, 0.2) is 0 Å². The van der Waals surface area contributed by atoms with Gasteiger partial charge in [-0.3, -0.25) is 14.4 Å². The molecule has 0 spiro atoms. The second kappa shape index (κ2) is 31.4. The molecular weight excluding hydrogens is 540 g/mol. The number of ether oxygens (including phenoxy) is 2. The fraction of sp³-hybridized carbons (Fsp3) is 0.838. The first kappa shape index (κ1) is 41.0. The molecule has 0 amide bonds. The highest BCUT2D eigenvalue weighted by atomic mass is 16.6. The predicted molar refractivity (Wildman–Crippen MR) is 177 cm³/mol. The summed E-state index contributed by atoms with van der Waals surface area (Å²) in [6.07, 6.45) is 31.4. The van der Waals surface area contributed by atoms with Gasteiger partial charge in [0.2, 0.25) is 0 Å². The van der Waals surface area contributed by atoms with Crippen molar-refractivity contribution < 1.29 is 28.7 Å². The maximum atomic E-state index is 12.1. The van der Waals surface area contributed by atoms with Crippen LogP contribution in [0.4, 0.5) is 0 Å². The molecule has 0 aromatic carbocycles. The van der Waals surface area contributed by atoms with Crippen molar-refractivity contribution >= 4 is 23.9 Å². The van der Waals surface area contributed by atoms with Crippen LogP contribution in [0.15, 0.2) is 12.2 Å². The summed E-state index contributed by atoms with van der Waals surface area (Å²) in [5.41, 5.74) is -0.183. The largest absolute Gasteiger partial charge is 0.393 e. The van der Waals surface area contributed by atoms with E-state index in [4.69, 9.17) is 9.47 Å². The van der Waals surface area contributed by atoms with Gasteiger partial charge in [-0.15, -0.1) is 0 Å². The van der Waals surface area contributed by atoms with Gasteiger partial charge in [-0.05, 0) is 12.8 Å². The number of carbonyl (C=O) groups excluding carboxylic acids is 4. The van der Waals surface area contributed by atoms with Crippen molar-refractivity contribution in [2.75, 3.05) is 0 Å². The minimum Gasteiger partial charge on any atom is -0.393 e.